The first-order chi connectivity index (χ1) is 16.1. The highest BCUT2D eigenvalue weighted by atomic mass is 16.5. The van der Waals surface area contributed by atoms with Crippen molar-refractivity contribution in [1.29, 1.82) is 0 Å². The second-order valence-electron chi connectivity index (χ2n) is 7.56. The average Bonchev–Trinajstić information content (AvgIpc) is 2.85. The van der Waals surface area contributed by atoms with E-state index < -0.39 is 0 Å². The minimum atomic E-state index is -0.178. The number of rotatable bonds is 11. The van der Waals surface area contributed by atoms with Crippen LogP contribution in [0.5, 0.6) is 5.75 Å². The molecule has 0 aliphatic heterocycles. The molecule has 0 unspecified atom stereocenters. The predicted molar refractivity (Wildman–Crippen MR) is 134 cm³/mol. The first-order valence-electron chi connectivity index (χ1n) is 11.3. The van der Waals surface area contributed by atoms with Crippen LogP contribution in [-0.2, 0) is 4.79 Å². The summed E-state index contributed by atoms with van der Waals surface area (Å²) in [6.45, 7) is 5.35. The van der Waals surface area contributed by atoms with Gasteiger partial charge in [-0.3, -0.25) is 9.59 Å². The molecule has 0 bridgehead atoms. The van der Waals surface area contributed by atoms with Crippen molar-refractivity contribution in [2.75, 3.05) is 35.2 Å². The molecule has 0 aromatic heterocycles. The fraction of sp³-hybridized carbons (Fsp3) is 0.259. The van der Waals surface area contributed by atoms with Crippen molar-refractivity contribution in [2.24, 2.45) is 0 Å². The number of amides is 2. The van der Waals surface area contributed by atoms with E-state index in [0.29, 0.717) is 30.2 Å². The van der Waals surface area contributed by atoms with Crippen molar-refractivity contribution < 1.29 is 14.3 Å². The van der Waals surface area contributed by atoms with Gasteiger partial charge in [-0.2, -0.15) is 0 Å². The van der Waals surface area contributed by atoms with Crippen LogP contribution < -0.4 is 20.3 Å². The lowest BCUT2D eigenvalue weighted by Crippen LogP contribution is -2.30. The van der Waals surface area contributed by atoms with Gasteiger partial charge in [-0.15, -0.1) is 0 Å². The van der Waals surface area contributed by atoms with Gasteiger partial charge in [0.1, 0.15) is 5.75 Å². The Bertz CT molecular complexity index is 1040. The third-order valence-corrected chi connectivity index (χ3v) is 5.13. The van der Waals surface area contributed by atoms with Crippen LogP contribution in [0.2, 0.25) is 0 Å². The van der Waals surface area contributed by atoms with Crippen molar-refractivity contribution in [3.63, 3.8) is 0 Å². The summed E-state index contributed by atoms with van der Waals surface area (Å²) in [4.78, 5) is 27.1. The number of para-hydroxylation sites is 3. The highest BCUT2D eigenvalue weighted by molar-refractivity contribution is 6.06. The van der Waals surface area contributed by atoms with E-state index in [4.69, 9.17) is 4.74 Å². The Morgan fingerprint density at radius 3 is 2.27 bits per heavy atom. The zero-order valence-corrected chi connectivity index (χ0v) is 19.2. The first-order valence-corrected chi connectivity index (χ1v) is 11.3. The molecule has 0 fully saturated rings. The van der Waals surface area contributed by atoms with Crippen LogP contribution >= 0.6 is 0 Å². The van der Waals surface area contributed by atoms with Gasteiger partial charge in [-0.25, -0.2) is 0 Å². The van der Waals surface area contributed by atoms with Crippen LogP contribution in [0, 0.1) is 0 Å². The number of ether oxygens (including phenoxy) is 1. The molecule has 0 saturated heterocycles. The van der Waals surface area contributed by atoms with E-state index in [1.807, 2.05) is 61.5 Å². The van der Waals surface area contributed by atoms with Gasteiger partial charge in [-0.1, -0.05) is 43.7 Å². The van der Waals surface area contributed by atoms with Gasteiger partial charge in [0.05, 0.1) is 18.8 Å². The molecule has 0 spiro atoms. The Kier molecular flexibility index (Phi) is 8.88. The molecule has 2 amide bonds. The maximum absolute atomic E-state index is 12.9. The van der Waals surface area contributed by atoms with Crippen molar-refractivity contribution in [2.45, 2.75) is 26.7 Å². The number of nitrogens with zero attached hydrogens (tertiary/aromatic N) is 1. The Morgan fingerprint density at radius 1 is 0.879 bits per heavy atom. The molecule has 0 aliphatic rings. The minimum absolute atomic E-state index is 0.0623. The summed E-state index contributed by atoms with van der Waals surface area (Å²) >= 11 is 0. The highest BCUT2D eigenvalue weighted by Gasteiger charge is 2.16. The first kappa shape index (κ1) is 23.9. The molecule has 3 rings (SSSR count). The second kappa shape index (κ2) is 12.3. The van der Waals surface area contributed by atoms with E-state index in [1.165, 1.54) is 0 Å². The number of carbonyl (C=O) groups excluding carboxylic acids is 2. The van der Waals surface area contributed by atoms with Crippen LogP contribution in [0.4, 0.5) is 17.1 Å². The maximum Gasteiger partial charge on any atom is 0.258 e. The van der Waals surface area contributed by atoms with E-state index in [0.717, 1.165) is 24.2 Å². The smallest absolute Gasteiger partial charge is 0.258 e. The standard InChI is InChI=1S/C27H31N3O3/c1-3-5-19-33-25-14-10-9-13-24(25)29-26(31)20-28-22-17-15-21(16-18-22)27(32)30(4-2)23-11-7-6-8-12-23/h6-18,28H,3-5,19-20H2,1-2H3,(H,29,31). The molecule has 6 nitrogen and oxygen atoms in total. The SMILES string of the molecule is CCCCOc1ccccc1NC(=O)CNc1ccc(C(=O)N(CC)c2ccccc2)cc1. The lowest BCUT2D eigenvalue weighted by atomic mass is 10.1. The minimum Gasteiger partial charge on any atom is -0.491 e. The van der Waals surface area contributed by atoms with Crippen LogP contribution in [0.1, 0.15) is 37.0 Å². The Labute approximate surface area is 195 Å². The molecule has 0 aliphatic carbocycles. The van der Waals surface area contributed by atoms with Gasteiger partial charge in [0, 0.05) is 23.5 Å². The number of nitrogens with one attached hydrogen (secondary N) is 2. The quantitative estimate of drug-likeness (QED) is 0.378. The van der Waals surface area contributed by atoms with Crippen LogP contribution in [0.3, 0.4) is 0 Å². The van der Waals surface area contributed by atoms with E-state index in [-0.39, 0.29) is 18.4 Å². The normalized spacial score (nSPS) is 10.4. The lowest BCUT2D eigenvalue weighted by molar-refractivity contribution is -0.114. The van der Waals surface area contributed by atoms with Gasteiger partial charge < -0.3 is 20.3 Å². The third-order valence-electron chi connectivity index (χ3n) is 5.13. The maximum atomic E-state index is 12.9. The van der Waals surface area contributed by atoms with Crippen molar-refractivity contribution in [3.8, 4) is 5.75 Å². The number of benzene rings is 3. The zero-order chi connectivity index (χ0) is 23.5. The number of anilines is 3. The average molecular weight is 446 g/mol. The van der Waals surface area contributed by atoms with E-state index in [9.17, 15) is 9.59 Å². The summed E-state index contributed by atoms with van der Waals surface area (Å²) in [5, 5.41) is 5.99. The van der Waals surface area contributed by atoms with Crippen LogP contribution in [-0.4, -0.2) is 31.5 Å². The molecule has 2 N–H and O–H groups in total. The van der Waals surface area contributed by atoms with Crippen molar-refractivity contribution in [1.82, 2.24) is 0 Å². The number of hydrogen-bond acceptors (Lipinski definition) is 4. The molecule has 0 heterocycles. The molecule has 3 aromatic carbocycles. The molecule has 3 aromatic rings. The van der Waals surface area contributed by atoms with Gasteiger partial charge >= 0.3 is 0 Å². The zero-order valence-electron chi connectivity index (χ0n) is 19.2. The molecule has 0 atom stereocenters. The van der Waals surface area contributed by atoms with Crippen LogP contribution in [0.25, 0.3) is 0 Å². The lowest BCUT2D eigenvalue weighted by Gasteiger charge is -2.21. The van der Waals surface area contributed by atoms with Crippen LogP contribution in [0.15, 0.2) is 78.9 Å². The van der Waals surface area contributed by atoms with Gasteiger partial charge in [0.2, 0.25) is 5.91 Å². The number of hydrogen-bond donors (Lipinski definition) is 2. The van der Waals surface area contributed by atoms with E-state index in [2.05, 4.69) is 17.6 Å². The summed E-state index contributed by atoms with van der Waals surface area (Å²) in [5.74, 6) is 0.427. The van der Waals surface area contributed by atoms with Crippen molar-refractivity contribution in [3.05, 3.63) is 84.4 Å². The molecular formula is C27H31N3O3. The van der Waals surface area contributed by atoms with Crippen molar-refractivity contribution >= 4 is 28.9 Å². The largest absolute Gasteiger partial charge is 0.491 e. The molecular weight excluding hydrogens is 414 g/mol. The highest BCUT2D eigenvalue weighted by Crippen LogP contribution is 2.24. The molecule has 0 saturated carbocycles. The number of carbonyl (C=O) groups is 2. The summed E-state index contributed by atoms with van der Waals surface area (Å²) in [6.07, 6.45) is 2.01. The summed E-state index contributed by atoms with van der Waals surface area (Å²) in [7, 11) is 0. The summed E-state index contributed by atoms with van der Waals surface area (Å²) < 4.78 is 5.77. The van der Waals surface area contributed by atoms with E-state index >= 15 is 0 Å². The Morgan fingerprint density at radius 2 is 1.58 bits per heavy atom. The molecule has 33 heavy (non-hydrogen) atoms. The monoisotopic (exact) mass is 445 g/mol. The summed E-state index contributed by atoms with van der Waals surface area (Å²) in [5.41, 5.74) is 2.87. The van der Waals surface area contributed by atoms with Gasteiger partial charge in [-0.05, 0) is 61.9 Å². The molecule has 172 valence electrons. The topological polar surface area (TPSA) is 70.7 Å². The molecule has 0 radical (unpaired) electrons. The number of unbranched alkanes of at least 4 members (excludes halogenated alkanes) is 1. The van der Waals surface area contributed by atoms with Gasteiger partial charge in [0.15, 0.2) is 0 Å². The summed E-state index contributed by atoms with van der Waals surface area (Å²) in [6, 6.07) is 24.2. The van der Waals surface area contributed by atoms with Gasteiger partial charge in [0.25, 0.3) is 5.91 Å². The second-order valence-corrected chi connectivity index (χ2v) is 7.56. The third kappa shape index (κ3) is 6.84. The fourth-order valence-electron chi connectivity index (χ4n) is 3.34. The van der Waals surface area contributed by atoms with E-state index in [1.54, 1.807) is 29.2 Å². The Hall–Kier alpha value is -3.80. The molecule has 6 heteroatoms. The predicted octanol–water partition coefficient (Wildman–Crippen LogP) is 5.58. The Balaban J connectivity index is 1.55. The fourth-order valence-corrected chi connectivity index (χ4v) is 3.34.